The number of piperidine rings is 1. The fourth-order valence-corrected chi connectivity index (χ4v) is 3.13. The molecule has 2 aliphatic rings. The molecular formula is C15H13F2LiN4O2. The van der Waals surface area contributed by atoms with Crippen molar-refractivity contribution in [3.63, 3.8) is 0 Å². The van der Waals surface area contributed by atoms with E-state index in [9.17, 15) is 18.7 Å². The molecule has 24 heavy (non-hydrogen) atoms. The molecule has 3 heterocycles. The minimum absolute atomic E-state index is 0. The molecule has 0 bridgehead atoms. The van der Waals surface area contributed by atoms with Crippen molar-refractivity contribution >= 4 is 11.8 Å². The van der Waals surface area contributed by atoms with E-state index in [-0.39, 0.29) is 24.4 Å². The van der Waals surface area contributed by atoms with Gasteiger partial charge in [0, 0.05) is 31.0 Å². The Labute approximate surface area is 148 Å². The molecule has 4 rings (SSSR count). The van der Waals surface area contributed by atoms with E-state index in [1.54, 1.807) is 12.3 Å². The number of anilines is 1. The van der Waals surface area contributed by atoms with Gasteiger partial charge in [-0.25, -0.2) is 13.8 Å². The number of aromatic carboxylic acids is 1. The first kappa shape index (κ1) is 16.9. The number of nitrogens with zero attached hydrogens (tertiary/aromatic N) is 4. The summed E-state index contributed by atoms with van der Waals surface area (Å²) < 4.78 is 27.9. The van der Waals surface area contributed by atoms with Crippen molar-refractivity contribution < 1.29 is 37.5 Å². The second-order valence-corrected chi connectivity index (χ2v) is 6.03. The smallest absolute Gasteiger partial charge is 0.545 e. The van der Waals surface area contributed by atoms with E-state index in [4.69, 9.17) is 0 Å². The number of hydrogen-bond donors (Lipinski definition) is 0. The van der Waals surface area contributed by atoms with Crippen LogP contribution in [0, 0.1) is 11.8 Å². The number of carbonyl (C=O) groups excluding carboxylic acids is 1. The van der Waals surface area contributed by atoms with Crippen molar-refractivity contribution in [1.82, 2.24) is 14.8 Å². The van der Waals surface area contributed by atoms with Crippen LogP contribution in [0.15, 0.2) is 30.7 Å². The number of rotatable bonds is 4. The van der Waals surface area contributed by atoms with Crippen molar-refractivity contribution in [2.75, 3.05) is 18.0 Å². The maximum atomic E-state index is 13.2. The van der Waals surface area contributed by atoms with E-state index in [2.05, 4.69) is 10.1 Å². The Bertz CT molecular complexity index is 751. The summed E-state index contributed by atoms with van der Waals surface area (Å²) in [6.07, 6.45) is 4.27. The van der Waals surface area contributed by atoms with Gasteiger partial charge in [-0.1, -0.05) is 6.07 Å². The molecule has 2 atom stereocenters. The zero-order chi connectivity index (χ0) is 16.2. The van der Waals surface area contributed by atoms with Crippen LogP contribution in [-0.4, -0.2) is 39.7 Å². The van der Waals surface area contributed by atoms with Crippen LogP contribution < -0.4 is 28.9 Å². The summed E-state index contributed by atoms with van der Waals surface area (Å²) in [6.45, 7) is 1.07. The summed E-state index contributed by atoms with van der Waals surface area (Å²) in [4.78, 5) is 16.9. The second kappa shape index (κ2) is 5.87. The zero-order valence-electron chi connectivity index (χ0n) is 13.0. The van der Waals surface area contributed by atoms with Crippen LogP contribution in [0.4, 0.5) is 14.6 Å². The summed E-state index contributed by atoms with van der Waals surface area (Å²) in [7, 11) is 0. The van der Waals surface area contributed by atoms with Crippen LogP contribution in [0.1, 0.15) is 15.9 Å². The molecule has 0 amide bonds. The first-order chi connectivity index (χ1) is 10.9. The summed E-state index contributed by atoms with van der Waals surface area (Å²) in [5.41, 5.74) is 0.864. The van der Waals surface area contributed by atoms with Crippen molar-refractivity contribution in [2.45, 2.75) is 12.5 Å². The van der Waals surface area contributed by atoms with Gasteiger partial charge < -0.3 is 14.8 Å². The Hall–Kier alpha value is -1.91. The van der Waals surface area contributed by atoms with Crippen molar-refractivity contribution in [1.29, 1.82) is 0 Å². The summed E-state index contributed by atoms with van der Waals surface area (Å²) in [5.74, 6) is -4.14. The first-order valence-corrected chi connectivity index (χ1v) is 7.26. The monoisotopic (exact) mass is 326 g/mol. The SMILES string of the molecule is O=C([O-])c1cnn(Cc2ccc(N3CC4C(C3)C4(F)F)nc2)c1.[Li+]. The number of pyridine rings is 1. The Morgan fingerprint density at radius 3 is 2.54 bits per heavy atom. The molecule has 1 aliphatic heterocycles. The third-order valence-electron chi connectivity index (χ3n) is 4.55. The third-order valence-corrected chi connectivity index (χ3v) is 4.55. The number of carboxylic acids is 1. The van der Waals surface area contributed by atoms with Gasteiger partial charge in [-0.2, -0.15) is 5.10 Å². The topological polar surface area (TPSA) is 74.1 Å². The third kappa shape index (κ3) is 2.80. The Kier molecular flexibility index (Phi) is 4.14. The molecule has 0 aromatic carbocycles. The Morgan fingerprint density at radius 1 is 1.29 bits per heavy atom. The van der Waals surface area contributed by atoms with E-state index in [0.29, 0.717) is 25.5 Å². The van der Waals surface area contributed by atoms with E-state index in [1.807, 2.05) is 11.0 Å². The van der Waals surface area contributed by atoms with Gasteiger partial charge in [0.05, 0.1) is 30.5 Å². The predicted octanol–water partition coefficient (Wildman–Crippen LogP) is -2.60. The van der Waals surface area contributed by atoms with Gasteiger partial charge in [0.2, 0.25) is 0 Å². The summed E-state index contributed by atoms with van der Waals surface area (Å²) in [6, 6.07) is 3.63. The molecule has 6 nitrogen and oxygen atoms in total. The molecule has 1 saturated carbocycles. The molecule has 0 N–H and O–H groups in total. The Morgan fingerprint density at radius 2 is 2.00 bits per heavy atom. The molecular weight excluding hydrogens is 313 g/mol. The van der Waals surface area contributed by atoms with Crippen molar-refractivity contribution in [3.05, 3.63) is 41.9 Å². The van der Waals surface area contributed by atoms with Gasteiger partial charge in [0.1, 0.15) is 5.82 Å². The number of carbonyl (C=O) groups is 1. The quantitative estimate of drug-likeness (QED) is 0.576. The van der Waals surface area contributed by atoms with Gasteiger partial charge in [-0.05, 0) is 11.6 Å². The normalized spacial score (nSPS) is 23.5. The van der Waals surface area contributed by atoms with Gasteiger partial charge >= 0.3 is 18.9 Å². The number of alkyl halides is 2. The van der Waals surface area contributed by atoms with Gasteiger partial charge in [0.15, 0.2) is 0 Å². The standard InChI is InChI=1S/C15H14F2N4O2.Li/c16-15(17)11-7-20(8-12(11)15)13-2-1-9(3-18-13)5-21-6-10(4-19-21)14(22)23;/h1-4,6,11-12H,5,7-8H2,(H,22,23);/q;+1/p-1. The zero-order valence-corrected chi connectivity index (χ0v) is 13.0. The fraction of sp³-hybridized carbons (Fsp3) is 0.400. The van der Waals surface area contributed by atoms with E-state index in [1.165, 1.54) is 17.1 Å². The number of aromatic nitrogens is 3. The molecule has 9 heteroatoms. The molecule has 1 saturated heterocycles. The Balaban J connectivity index is 0.00000169. The van der Waals surface area contributed by atoms with Crippen LogP contribution in [0.2, 0.25) is 0 Å². The van der Waals surface area contributed by atoms with Crippen LogP contribution in [-0.2, 0) is 6.54 Å². The summed E-state index contributed by atoms with van der Waals surface area (Å²) >= 11 is 0. The van der Waals surface area contributed by atoms with E-state index >= 15 is 0 Å². The van der Waals surface area contributed by atoms with Crippen molar-refractivity contribution in [3.8, 4) is 0 Å². The molecule has 120 valence electrons. The summed E-state index contributed by atoms with van der Waals surface area (Å²) in [5, 5.41) is 14.6. The van der Waals surface area contributed by atoms with Gasteiger partial charge in [-0.15, -0.1) is 0 Å². The maximum absolute atomic E-state index is 13.2. The number of carboxylic acid groups (broad SMARTS) is 1. The largest absolute Gasteiger partial charge is 1.00 e. The van der Waals surface area contributed by atoms with Crippen LogP contribution in [0.5, 0.6) is 0 Å². The molecule has 2 fully saturated rings. The fourth-order valence-electron chi connectivity index (χ4n) is 3.13. The second-order valence-electron chi connectivity index (χ2n) is 6.03. The van der Waals surface area contributed by atoms with Crippen LogP contribution in [0.25, 0.3) is 0 Å². The first-order valence-electron chi connectivity index (χ1n) is 7.26. The molecule has 2 aromatic rings. The molecule has 2 aromatic heterocycles. The minimum atomic E-state index is -2.49. The molecule has 0 spiro atoms. The van der Waals surface area contributed by atoms with Crippen molar-refractivity contribution in [2.24, 2.45) is 11.8 Å². The van der Waals surface area contributed by atoms with E-state index < -0.39 is 23.7 Å². The van der Waals surface area contributed by atoms with Gasteiger partial charge in [-0.3, -0.25) is 4.68 Å². The number of fused-ring (bicyclic) bond motifs is 1. The molecule has 2 unspecified atom stereocenters. The van der Waals surface area contributed by atoms with E-state index in [0.717, 1.165) is 5.56 Å². The average molecular weight is 326 g/mol. The number of halogens is 2. The van der Waals surface area contributed by atoms with Crippen LogP contribution in [0.3, 0.4) is 0 Å². The molecule has 0 radical (unpaired) electrons. The predicted molar refractivity (Wildman–Crippen MR) is 74.0 cm³/mol. The minimum Gasteiger partial charge on any atom is -0.545 e. The van der Waals surface area contributed by atoms with Crippen LogP contribution >= 0.6 is 0 Å². The van der Waals surface area contributed by atoms with Gasteiger partial charge in [0.25, 0.3) is 5.92 Å². The average Bonchev–Trinajstić information content (AvgIpc) is 2.99. The number of hydrogen-bond acceptors (Lipinski definition) is 5. The maximum Gasteiger partial charge on any atom is 1.00 e. The molecule has 1 aliphatic carbocycles.